The molecule has 4 aromatic rings. The summed E-state index contributed by atoms with van der Waals surface area (Å²) < 4.78 is 34.2. The van der Waals surface area contributed by atoms with Gasteiger partial charge in [-0.1, -0.05) is 42.5 Å². The zero-order valence-electron chi connectivity index (χ0n) is 23.7. The molecule has 9 heteroatoms. The summed E-state index contributed by atoms with van der Waals surface area (Å²) in [5, 5.41) is 0.0624. The summed E-state index contributed by atoms with van der Waals surface area (Å²) in [6, 6.07) is 16.0. The van der Waals surface area contributed by atoms with E-state index in [2.05, 4.69) is 0 Å². The minimum atomic E-state index is -0.735. The van der Waals surface area contributed by atoms with Gasteiger partial charge in [0, 0.05) is 18.8 Å². The van der Waals surface area contributed by atoms with Crippen LogP contribution in [-0.2, 0) is 22.6 Å². The summed E-state index contributed by atoms with van der Waals surface area (Å²) in [6.07, 6.45) is 2.81. The number of hydrogen-bond donors (Lipinski definition) is 0. The van der Waals surface area contributed by atoms with E-state index >= 15 is 4.39 Å². The van der Waals surface area contributed by atoms with Crippen molar-refractivity contribution in [3.05, 3.63) is 99.1 Å². The van der Waals surface area contributed by atoms with Crippen LogP contribution in [0.15, 0.2) is 65.6 Å². The number of carbonyl (C=O) groups excluding carboxylic acids is 2. The van der Waals surface area contributed by atoms with E-state index in [1.807, 2.05) is 54.0 Å². The zero-order valence-corrected chi connectivity index (χ0v) is 23.7. The number of halogens is 1. The Morgan fingerprint density at radius 1 is 1.05 bits per heavy atom. The Morgan fingerprint density at radius 3 is 2.50 bits per heavy atom. The van der Waals surface area contributed by atoms with Crippen LogP contribution < -0.4 is 10.2 Å². The quantitative estimate of drug-likeness (QED) is 0.235. The summed E-state index contributed by atoms with van der Waals surface area (Å²) in [6.45, 7) is 4.24. The molecule has 1 aliphatic heterocycles. The van der Waals surface area contributed by atoms with Crippen LogP contribution >= 0.6 is 0 Å². The minimum absolute atomic E-state index is 0.0592. The van der Waals surface area contributed by atoms with Gasteiger partial charge in [-0.2, -0.15) is 0 Å². The third-order valence-corrected chi connectivity index (χ3v) is 7.99. The number of carbonyl (C=O) groups is 2. The molecule has 0 spiro atoms. The SMILES string of the molecule is CCOC(=O)c1cn(C2CC2)c2c(OC)c(-c3ccc4c(c3)C(C)N(C(=O)OCc3ccccc3)C4)c(F)cc2c1=O. The maximum atomic E-state index is 15.9. The van der Waals surface area contributed by atoms with Crippen molar-refractivity contribution in [2.75, 3.05) is 13.7 Å². The molecule has 0 radical (unpaired) electrons. The van der Waals surface area contributed by atoms with E-state index < -0.39 is 23.3 Å². The van der Waals surface area contributed by atoms with Gasteiger partial charge in [0.25, 0.3) is 0 Å². The highest BCUT2D eigenvalue weighted by atomic mass is 19.1. The molecule has 1 saturated carbocycles. The second kappa shape index (κ2) is 11.0. The van der Waals surface area contributed by atoms with Gasteiger partial charge in [-0.15, -0.1) is 0 Å². The van der Waals surface area contributed by atoms with Crippen LogP contribution in [0.25, 0.3) is 22.0 Å². The highest BCUT2D eigenvalue weighted by Crippen LogP contribution is 2.45. The molecule has 8 nitrogen and oxygen atoms in total. The molecule has 42 heavy (non-hydrogen) atoms. The predicted molar refractivity (Wildman–Crippen MR) is 155 cm³/mol. The topological polar surface area (TPSA) is 87.1 Å². The van der Waals surface area contributed by atoms with Crippen LogP contribution in [0.2, 0.25) is 0 Å². The van der Waals surface area contributed by atoms with E-state index in [1.54, 1.807) is 17.9 Å². The Hall–Kier alpha value is -4.66. The normalized spacial score (nSPS) is 15.9. The Morgan fingerprint density at radius 2 is 1.81 bits per heavy atom. The smallest absolute Gasteiger partial charge is 0.410 e. The molecular formula is C33H31FN2O6. The molecule has 2 heterocycles. The summed E-state index contributed by atoms with van der Waals surface area (Å²) >= 11 is 0. The van der Waals surface area contributed by atoms with Crippen molar-refractivity contribution in [2.45, 2.75) is 51.9 Å². The fourth-order valence-corrected chi connectivity index (χ4v) is 5.71. The summed E-state index contributed by atoms with van der Waals surface area (Å²) in [5.41, 5.74) is 3.19. The van der Waals surface area contributed by atoms with Crippen LogP contribution in [0, 0.1) is 5.82 Å². The Bertz CT molecular complexity index is 1760. The van der Waals surface area contributed by atoms with Gasteiger partial charge in [0.2, 0.25) is 5.43 Å². The minimum Gasteiger partial charge on any atom is -0.494 e. The molecule has 216 valence electrons. The van der Waals surface area contributed by atoms with Crippen LogP contribution in [0.1, 0.15) is 65.8 Å². The Balaban J connectivity index is 1.39. The Labute approximate surface area is 242 Å². The van der Waals surface area contributed by atoms with Gasteiger partial charge < -0.3 is 18.8 Å². The maximum Gasteiger partial charge on any atom is 0.410 e. The second-order valence-electron chi connectivity index (χ2n) is 10.7. The lowest BCUT2D eigenvalue weighted by Gasteiger charge is -2.21. The number of nitrogens with zero attached hydrogens (tertiary/aromatic N) is 2. The van der Waals surface area contributed by atoms with Gasteiger partial charge in [-0.3, -0.25) is 9.69 Å². The molecule has 1 aliphatic carbocycles. The number of esters is 1. The van der Waals surface area contributed by atoms with Crippen molar-refractivity contribution in [3.8, 4) is 16.9 Å². The first-order chi connectivity index (χ1) is 20.3. The molecule has 6 rings (SSSR count). The third kappa shape index (κ3) is 4.78. The van der Waals surface area contributed by atoms with E-state index in [9.17, 15) is 14.4 Å². The van der Waals surface area contributed by atoms with Crippen molar-refractivity contribution >= 4 is 23.0 Å². The maximum absolute atomic E-state index is 15.9. The molecule has 0 bridgehead atoms. The van der Waals surface area contributed by atoms with E-state index in [1.165, 1.54) is 19.4 Å². The summed E-state index contributed by atoms with van der Waals surface area (Å²) in [5.74, 6) is -1.17. The highest BCUT2D eigenvalue weighted by Gasteiger charge is 2.34. The molecule has 1 atom stereocenters. The monoisotopic (exact) mass is 570 g/mol. The fourth-order valence-electron chi connectivity index (χ4n) is 5.71. The lowest BCUT2D eigenvalue weighted by atomic mass is 9.95. The van der Waals surface area contributed by atoms with Gasteiger partial charge in [0.15, 0.2) is 5.75 Å². The highest BCUT2D eigenvalue weighted by molar-refractivity contribution is 5.98. The van der Waals surface area contributed by atoms with Crippen molar-refractivity contribution in [1.29, 1.82) is 0 Å². The number of pyridine rings is 1. The molecule has 2 aliphatic rings. The first-order valence-electron chi connectivity index (χ1n) is 14.0. The number of fused-ring (bicyclic) bond motifs is 2. The molecule has 0 N–H and O–H groups in total. The van der Waals surface area contributed by atoms with Crippen molar-refractivity contribution in [2.24, 2.45) is 0 Å². The van der Waals surface area contributed by atoms with Gasteiger partial charge >= 0.3 is 12.1 Å². The number of ether oxygens (including phenoxy) is 3. The van der Waals surface area contributed by atoms with Gasteiger partial charge in [-0.05, 0) is 61.1 Å². The van der Waals surface area contributed by atoms with Gasteiger partial charge in [-0.25, -0.2) is 14.0 Å². The molecule has 0 saturated heterocycles. The molecule has 3 aromatic carbocycles. The van der Waals surface area contributed by atoms with Crippen LogP contribution in [0.5, 0.6) is 5.75 Å². The van der Waals surface area contributed by atoms with Gasteiger partial charge in [0.05, 0.1) is 36.2 Å². The number of aromatic nitrogens is 1. The number of benzene rings is 3. The fraction of sp³-hybridized carbons (Fsp3) is 0.303. The Kier molecular flexibility index (Phi) is 7.18. The lowest BCUT2D eigenvalue weighted by molar-refractivity contribution is 0.0524. The first-order valence-corrected chi connectivity index (χ1v) is 14.0. The number of amides is 1. The molecule has 1 fully saturated rings. The van der Waals surface area contributed by atoms with Crippen molar-refractivity contribution in [1.82, 2.24) is 9.47 Å². The first kappa shape index (κ1) is 27.5. The standard InChI is InChI=1S/C33H31FN2O6/c1-4-41-32(38)26-17-36(23-12-13-23)29-25(30(26)37)15-27(34)28(31(29)40-3)21-10-11-22-16-35(19(2)24(22)14-21)33(39)42-18-20-8-6-5-7-9-20/h5-11,14-15,17,19,23H,4,12-13,16,18H2,1-3H3. The van der Waals surface area contributed by atoms with E-state index in [4.69, 9.17) is 14.2 Å². The largest absolute Gasteiger partial charge is 0.494 e. The predicted octanol–water partition coefficient (Wildman–Crippen LogP) is 6.54. The lowest BCUT2D eigenvalue weighted by Crippen LogP contribution is -2.28. The average Bonchev–Trinajstić information content (AvgIpc) is 3.79. The van der Waals surface area contributed by atoms with Crippen molar-refractivity contribution < 1.29 is 28.2 Å². The van der Waals surface area contributed by atoms with E-state index in [0.29, 0.717) is 17.6 Å². The number of rotatable bonds is 7. The van der Waals surface area contributed by atoms with Crippen molar-refractivity contribution in [3.63, 3.8) is 0 Å². The van der Waals surface area contributed by atoms with Crippen LogP contribution in [0.3, 0.4) is 0 Å². The molecule has 1 amide bonds. The third-order valence-electron chi connectivity index (χ3n) is 7.99. The number of methoxy groups -OCH3 is 1. The summed E-state index contributed by atoms with van der Waals surface area (Å²) in [4.78, 5) is 40.5. The van der Waals surface area contributed by atoms with Crippen LogP contribution in [0.4, 0.5) is 9.18 Å². The van der Waals surface area contributed by atoms with Crippen LogP contribution in [-0.4, -0.2) is 35.2 Å². The van der Waals surface area contributed by atoms with Gasteiger partial charge in [0.1, 0.15) is 18.0 Å². The van der Waals surface area contributed by atoms with E-state index in [0.717, 1.165) is 29.5 Å². The number of hydrogen-bond acceptors (Lipinski definition) is 6. The average molecular weight is 571 g/mol. The summed E-state index contributed by atoms with van der Waals surface area (Å²) in [7, 11) is 1.44. The molecular weight excluding hydrogens is 539 g/mol. The molecule has 1 aromatic heterocycles. The molecule has 1 unspecified atom stereocenters. The zero-order chi connectivity index (χ0) is 29.5. The van der Waals surface area contributed by atoms with E-state index in [-0.39, 0.29) is 47.6 Å². The second-order valence-corrected chi connectivity index (χ2v) is 10.7.